The van der Waals surface area contributed by atoms with Crippen molar-refractivity contribution in [3.05, 3.63) is 50.4 Å². The highest BCUT2D eigenvalue weighted by Crippen LogP contribution is 2.32. The summed E-state index contributed by atoms with van der Waals surface area (Å²) in [6, 6.07) is 5.79. The molecule has 0 saturated heterocycles. The zero-order valence-electron chi connectivity index (χ0n) is 16.0. The van der Waals surface area contributed by atoms with Gasteiger partial charge in [0.2, 0.25) is 0 Å². The second-order valence-corrected chi connectivity index (χ2v) is 9.26. The fourth-order valence-electron chi connectivity index (χ4n) is 4.32. The molecule has 0 bridgehead atoms. The molecule has 0 N–H and O–H groups in total. The largest absolute Gasteiger partial charge is 0.269 e. The van der Waals surface area contributed by atoms with Crippen LogP contribution in [0.5, 0.6) is 0 Å². The van der Waals surface area contributed by atoms with Crippen LogP contribution in [0.15, 0.2) is 28.2 Å². The van der Waals surface area contributed by atoms with E-state index in [4.69, 9.17) is 16.6 Å². The maximum Gasteiger partial charge on any atom is 0.262 e. The van der Waals surface area contributed by atoms with Gasteiger partial charge in [0.15, 0.2) is 5.16 Å². The number of hydrogen-bond acceptors (Lipinski definition) is 3. The van der Waals surface area contributed by atoms with Gasteiger partial charge in [0.05, 0.1) is 11.4 Å². The molecule has 3 nitrogen and oxygen atoms in total. The Morgan fingerprint density at radius 3 is 2.74 bits per heavy atom. The Bertz CT molecular complexity index is 887. The molecule has 0 atom stereocenters. The van der Waals surface area contributed by atoms with Gasteiger partial charge in [-0.25, -0.2) is 4.98 Å². The molecule has 0 unspecified atom stereocenters. The molecule has 0 spiro atoms. The first-order valence-electron chi connectivity index (χ1n) is 10.2. The van der Waals surface area contributed by atoms with E-state index in [1.54, 1.807) is 11.8 Å². The first-order chi connectivity index (χ1) is 13.1. The number of thioether (sulfide) groups is 1. The number of nitrogens with zero attached hydrogens (tertiary/aromatic N) is 2. The van der Waals surface area contributed by atoms with E-state index in [0.29, 0.717) is 5.02 Å². The molecule has 1 aromatic heterocycles. The standard InChI is InChI=1S/C22H27ClN2OS/c1-15-18(23)11-7-13-20(15)25-21(26)17-10-5-6-12-19(17)24-22(25)27-14-16-8-3-2-4-9-16/h7,11,13,16H,2-6,8-10,12,14H2,1H3. The maximum atomic E-state index is 13.4. The summed E-state index contributed by atoms with van der Waals surface area (Å²) in [6.45, 7) is 1.99. The lowest BCUT2D eigenvalue weighted by Crippen LogP contribution is -2.29. The summed E-state index contributed by atoms with van der Waals surface area (Å²) in [6.07, 6.45) is 10.6. The van der Waals surface area contributed by atoms with Crippen LogP contribution in [-0.2, 0) is 12.8 Å². The molecule has 1 fully saturated rings. The van der Waals surface area contributed by atoms with Crippen LogP contribution in [0.25, 0.3) is 5.69 Å². The van der Waals surface area contributed by atoms with Gasteiger partial charge in [0.1, 0.15) is 0 Å². The minimum Gasteiger partial charge on any atom is -0.269 e. The van der Waals surface area contributed by atoms with Gasteiger partial charge >= 0.3 is 0 Å². The summed E-state index contributed by atoms with van der Waals surface area (Å²) < 4.78 is 1.83. The fraction of sp³-hybridized carbons (Fsp3) is 0.545. The molecule has 0 amide bonds. The molecule has 1 aromatic carbocycles. The zero-order chi connectivity index (χ0) is 18.8. The highest BCUT2D eigenvalue weighted by Gasteiger charge is 2.23. The monoisotopic (exact) mass is 402 g/mol. The number of benzene rings is 1. The quantitative estimate of drug-likeness (QED) is 0.482. The van der Waals surface area contributed by atoms with E-state index in [2.05, 4.69) is 0 Å². The van der Waals surface area contributed by atoms with Gasteiger partial charge in [0.25, 0.3) is 5.56 Å². The van der Waals surface area contributed by atoms with Crippen molar-refractivity contribution < 1.29 is 0 Å². The SMILES string of the molecule is Cc1c(Cl)cccc1-n1c(SCC2CCCCC2)nc2c(c1=O)CCCC2. The van der Waals surface area contributed by atoms with Crippen LogP contribution in [0, 0.1) is 12.8 Å². The van der Waals surface area contributed by atoms with E-state index >= 15 is 0 Å². The normalized spacial score (nSPS) is 17.7. The van der Waals surface area contributed by atoms with Crippen molar-refractivity contribution >= 4 is 23.4 Å². The van der Waals surface area contributed by atoms with Crippen molar-refractivity contribution in [3.8, 4) is 5.69 Å². The number of halogens is 1. The van der Waals surface area contributed by atoms with E-state index in [-0.39, 0.29) is 5.56 Å². The van der Waals surface area contributed by atoms with Gasteiger partial charge in [-0.1, -0.05) is 48.7 Å². The van der Waals surface area contributed by atoms with Crippen molar-refractivity contribution in [2.75, 3.05) is 5.75 Å². The van der Waals surface area contributed by atoms with Crippen molar-refractivity contribution in [1.29, 1.82) is 0 Å². The summed E-state index contributed by atoms with van der Waals surface area (Å²) >= 11 is 8.13. The third kappa shape index (κ3) is 3.97. The van der Waals surface area contributed by atoms with E-state index in [9.17, 15) is 4.79 Å². The Balaban J connectivity index is 1.77. The summed E-state index contributed by atoms with van der Waals surface area (Å²) in [5.74, 6) is 1.79. The Hall–Kier alpha value is -1.26. The van der Waals surface area contributed by atoms with Crippen LogP contribution in [-0.4, -0.2) is 15.3 Å². The van der Waals surface area contributed by atoms with Gasteiger partial charge < -0.3 is 0 Å². The molecular formula is C22H27ClN2OS. The zero-order valence-corrected chi connectivity index (χ0v) is 17.5. The number of fused-ring (bicyclic) bond motifs is 1. The van der Waals surface area contributed by atoms with E-state index in [1.165, 1.54) is 32.1 Å². The van der Waals surface area contributed by atoms with Gasteiger partial charge in [-0.15, -0.1) is 0 Å². The topological polar surface area (TPSA) is 34.9 Å². The van der Waals surface area contributed by atoms with Gasteiger partial charge in [0, 0.05) is 16.3 Å². The molecule has 1 saturated carbocycles. The van der Waals surface area contributed by atoms with Gasteiger partial charge in [-0.05, 0) is 69.1 Å². The number of rotatable bonds is 4. The van der Waals surface area contributed by atoms with Crippen LogP contribution in [0.1, 0.15) is 61.8 Å². The molecule has 4 rings (SSSR count). The average molecular weight is 403 g/mol. The second-order valence-electron chi connectivity index (χ2n) is 7.87. The lowest BCUT2D eigenvalue weighted by Gasteiger charge is -2.23. The van der Waals surface area contributed by atoms with E-state index in [1.807, 2.05) is 29.7 Å². The molecule has 144 valence electrons. The predicted molar refractivity (Wildman–Crippen MR) is 114 cm³/mol. The third-order valence-electron chi connectivity index (χ3n) is 5.97. The van der Waals surface area contributed by atoms with E-state index in [0.717, 1.165) is 65.0 Å². The maximum absolute atomic E-state index is 13.4. The van der Waals surface area contributed by atoms with Crippen LogP contribution in [0.4, 0.5) is 0 Å². The summed E-state index contributed by atoms with van der Waals surface area (Å²) in [4.78, 5) is 18.4. The average Bonchev–Trinajstić information content (AvgIpc) is 2.70. The van der Waals surface area contributed by atoms with Gasteiger partial charge in [-0.3, -0.25) is 9.36 Å². The molecule has 1 heterocycles. The van der Waals surface area contributed by atoms with Crippen LogP contribution >= 0.6 is 23.4 Å². The Morgan fingerprint density at radius 1 is 1.15 bits per heavy atom. The molecule has 2 aromatic rings. The molecule has 2 aliphatic carbocycles. The van der Waals surface area contributed by atoms with Crippen molar-refractivity contribution in [2.45, 2.75) is 69.9 Å². The lowest BCUT2D eigenvalue weighted by atomic mass is 9.91. The highest BCUT2D eigenvalue weighted by atomic mass is 35.5. The van der Waals surface area contributed by atoms with Gasteiger partial charge in [-0.2, -0.15) is 0 Å². The van der Waals surface area contributed by atoms with Crippen molar-refractivity contribution in [3.63, 3.8) is 0 Å². The number of hydrogen-bond donors (Lipinski definition) is 0. The first-order valence-corrected chi connectivity index (χ1v) is 11.5. The summed E-state index contributed by atoms with van der Waals surface area (Å²) in [5.41, 5.74) is 3.85. The Kier molecular flexibility index (Phi) is 5.93. The second kappa shape index (κ2) is 8.40. The molecule has 2 aliphatic rings. The predicted octanol–water partition coefficient (Wildman–Crippen LogP) is 5.75. The molecule has 0 aliphatic heterocycles. The van der Waals surface area contributed by atoms with Crippen LogP contribution in [0.2, 0.25) is 5.02 Å². The third-order valence-corrected chi connectivity index (χ3v) is 7.55. The highest BCUT2D eigenvalue weighted by molar-refractivity contribution is 7.99. The van der Waals surface area contributed by atoms with Crippen molar-refractivity contribution in [2.24, 2.45) is 5.92 Å². The Morgan fingerprint density at radius 2 is 1.93 bits per heavy atom. The smallest absolute Gasteiger partial charge is 0.262 e. The summed E-state index contributed by atoms with van der Waals surface area (Å²) in [7, 11) is 0. The first kappa shape index (κ1) is 19.1. The van der Waals surface area contributed by atoms with E-state index < -0.39 is 0 Å². The number of aromatic nitrogens is 2. The molecule has 27 heavy (non-hydrogen) atoms. The van der Waals surface area contributed by atoms with Crippen molar-refractivity contribution in [1.82, 2.24) is 9.55 Å². The lowest BCUT2D eigenvalue weighted by molar-refractivity contribution is 0.390. The molecule has 5 heteroatoms. The van der Waals surface area contributed by atoms with Crippen LogP contribution in [0.3, 0.4) is 0 Å². The minimum atomic E-state index is 0.108. The van der Waals surface area contributed by atoms with Crippen LogP contribution < -0.4 is 5.56 Å². The Labute approximate surface area is 170 Å². The fourth-order valence-corrected chi connectivity index (χ4v) is 5.70. The molecule has 0 radical (unpaired) electrons. The molecular weight excluding hydrogens is 376 g/mol. The minimum absolute atomic E-state index is 0.108. The summed E-state index contributed by atoms with van der Waals surface area (Å²) in [5, 5.41) is 1.54. The number of aryl methyl sites for hydroxylation is 1.